The molecule has 28 heavy (non-hydrogen) atoms. The van der Waals surface area contributed by atoms with Crippen LogP contribution in [-0.2, 0) is 11.2 Å². The summed E-state index contributed by atoms with van der Waals surface area (Å²) in [4.78, 5) is 13.0. The Morgan fingerprint density at radius 2 is 2.00 bits per heavy atom. The van der Waals surface area contributed by atoms with Crippen LogP contribution in [-0.4, -0.2) is 23.4 Å². The zero-order valence-electron chi connectivity index (χ0n) is 15.3. The van der Waals surface area contributed by atoms with Crippen molar-refractivity contribution >= 4 is 34.8 Å². The van der Waals surface area contributed by atoms with E-state index in [0.717, 1.165) is 39.6 Å². The summed E-state index contributed by atoms with van der Waals surface area (Å²) in [6, 6.07) is 17.7. The molecule has 0 amide bonds. The lowest BCUT2D eigenvalue weighted by molar-refractivity contribution is -0.136. The second-order valence-electron chi connectivity index (χ2n) is 6.10. The van der Waals surface area contributed by atoms with Crippen LogP contribution in [0.1, 0.15) is 12.0 Å². The van der Waals surface area contributed by atoms with Gasteiger partial charge < -0.3 is 15.3 Å². The average Bonchev–Trinajstić information content (AvgIpc) is 3.23. The highest BCUT2D eigenvalue weighted by Gasteiger charge is 2.07. The van der Waals surface area contributed by atoms with Gasteiger partial charge in [-0.2, -0.15) is 0 Å². The summed E-state index contributed by atoms with van der Waals surface area (Å²) in [5, 5.41) is 10.8. The topological polar surface area (TPSA) is 84.6 Å². The monoisotopic (exact) mass is 414 g/mol. The molecular weight excluding hydrogens is 392 g/mol. The predicted molar refractivity (Wildman–Crippen MR) is 116 cm³/mol. The summed E-state index contributed by atoms with van der Waals surface area (Å²) >= 11 is 3.41. The molecule has 0 aliphatic carbocycles. The van der Waals surface area contributed by atoms with Crippen molar-refractivity contribution in [3.05, 3.63) is 65.5 Å². The highest BCUT2D eigenvalue weighted by molar-refractivity contribution is 7.99. The fraction of sp³-hybridized carbons (Fsp3) is 0.190. The molecule has 0 fully saturated rings. The number of hydrazine groups is 1. The highest BCUT2D eigenvalue weighted by Crippen LogP contribution is 2.32. The van der Waals surface area contributed by atoms with E-state index in [2.05, 4.69) is 11.5 Å². The Morgan fingerprint density at radius 1 is 1.18 bits per heavy atom. The Bertz CT molecular complexity index is 897. The number of aliphatic carboxylic acids is 1. The third-order valence-electron chi connectivity index (χ3n) is 4.03. The molecule has 0 atom stereocenters. The first kappa shape index (κ1) is 20.3. The van der Waals surface area contributed by atoms with Gasteiger partial charge in [0.2, 0.25) is 0 Å². The lowest BCUT2D eigenvalue weighted by Gasteiger charge is -2.12. The van der Waals surface area contributed by atoms with Crippen LogP contribution in [0.4, 0.5) is 5.69 Å². The smallest absolute Gasteiger partial charge is 0.307 e. The molecule has 3 rings (SSSR count). The van der Waals surface area contributed by atoms with Crippen molar-refractivity contribution < 1.29 is 14.6 Å². The predicted octanol–water partition coefficient (Wildman–Crippen LogP) is 4.89. The number of hydrogen-bond donors (Lipinski definition) is 3. The van der Waals surface area contributed by atoms with Crippen LogP contribution in [0.15, 0.2) is 64.9 Å². The molecule has 0 bridgehead atoms. The maximum atomic E-state index is 10.7. The van der Waals surface area contributed by atoms with Crippen LogP contribution < -0.4 is 16.0 Å². The van der Waals surface area contributed by atoms with Gasteiger partial charge in [-0.05, 0) is 59.3 Å². The van der Waals surface area contributed by atoms with Gasteiger partial charge in [-0.25, -0.2) is 0 Å². The van der Waals surface area contributed by atoms with E-state index >= 15 is 0 Å². The molecule has 5 nitrogen and oxygen atoms in total. The van der Waals surface area contributed by atoms with Gasteiger partial charge in [-0.15, -0.1) is 23.1 Å². The maximum absolute atomic E-state index is 10.7. The van der Waals surface area contributed by atoms with Crippen molar-refractivity contribution in [3.8, 4) is 16.2 Å². The number of carboxylic acids is 1. The van der Waals surface area contributed by atoms with Crippen molar-refractivity contribution in [2.45, 2.75) is 17.7 Å². The minimum atomic E-state index is -0.813. The Hall–Kier alpha value is -2.48. The third kappa shape index (κ3) is 5.76. The van der Waals surface area contributed by atoms with Crippen LogP contribution in [0, 0.1) is 0 Å². The zero-order valence-corrected chi connectivity index (χ0v) is 16.9. The van der Waals surface area contributed by atoms with Crippen LogP contribution in [0.25, 0.3) is 10.4 Å². The summed E-state index contributed by atoms with van der Waals surface area (Å²) in [7, 11) is 0. The lowest BCUT2D eigenvalue weighted by atomic mass is 10.1. The molecule has 7 heteroatoms. The van der Waals surface area contributed by atoms with Crippen LogP contribution >= 0.6 is 23.1 Å². The first-order chi connectivity index (χ1) is 13.7. The van der Waals surface area contributed by atoms with Gasteiger partial charge in [0.25, 0.3) is 0 Å². The van der Waals surface area contributed by atoms with E-state index in [1.807, 2.05) is 53.9 Å². The normalized spacial score (nSPS) is 10.6. The molecule has 0 unspecified atom stereocenters. The lowest BCUT2D eigenvalue weighted by Crippen LogP contribution is -2.09. The number of nitrogen functional groups attached to an aromatic ring is 1. The number of carbonyl (C=O) groups is 1. The number of hydrogen-bond acceptors (Lipinski definition) is 6. The number of carboxylic acid groups (broad SMARTS) is 1. The van der Waals surface area contributed by atoms with Crippen molar-refractivity contribution in [2.24, 2.45) is 5.84 Å². The summed E-state index contributed by atoms with van der Waals surface area (Å²) in [5.74, 6) is 6.50. The summed E-state index contributed by atoms with van der Waals surface area (Å²) in [6.45, 7) is 0.594. The minimum Gasteiger partial charge on any atom is -0.491 e. The molecule has 0 radical (unpaired) electrons. The quantitative estimate of drug-likeness (QED) is 0.190. The van der Waals surface area contributed by atoms with E-state index in [4.69, 9.17) is 15.7 Å². The van der Waals surface area contributed by atoms with E-state index < -0.39 is 5.97 Å². The molecule has 0 aliphatic rings. The molecular formula is C21H22N2O3S2. The van der Waals surface area contributed by atoms with Crippen molar-refractivity contribution in [1.82, 2.24) is 0 Å². The van der Waals surface area contributed by atoms with Gasteiger partial charge >= 0.3 is 5.97 Å². The number of benzene rings is 2. The van der Waals surface area contributed by atoms with E-state index in [1.165, 1.54) is 4.88 Å². The fourth-order valence-corrected chi connectivity index (χ4v) is 4.22. The molecule has 4 N–H and O–H groups in total. The molecule has 1 aromatic heterocycles. The van der Waals surface area contributed by atoms with Gasteiger partial charge in [-0.1, -0.05) is 18.2 Å². The van der Waals surface area contributed by atoms with Gasteiger partial charge in [0.15, 0.2) is 0 Å². The van der Waals surface area contributed by atoms with E-state index in [1.54, 1.807) is 23.1 Å². The van der Waals surface area contributed by atoms with Crippen LogP contribution in [0.3, 0.4) is 0 Å². The van der Waals surface area contributed by atoms with E-state index in [9.17, 15) is 4.79 Å². The zero-order chi connectivity index (χ0) is 19.8. The highest BCUT2D eigenvalue weighted by atomic mass is 32.2. The second-order valence-corrected chi connectivity index (χ2v) is 8.21. The molecule has 0 aliphatic heterocycles. The Labute approximate surface area is 172 Å². The molecule has 0 spiro atoms. The minimum absolute atomic E-state index is 0.0571. The standard InChI is InChI=1S/C21H22N2O3S2/c22-23-18-14-16(20-3-1-11-28-20)6-9-19(18)26-10-2-12-27-17-7-4-15(5-8-17)13-21(24)25/h1,3-9,11,14,23H,2,10,12-13,22H2,(H,24,25). The van der Waals surface area contributed by atoms with Crippen molar-refractivity contribution in [3.63, 3.8) is 0 Å². The largest absolute Gasteiger partial charge is 0.491 e. The van der Waals surface area contributed by atoms with Crippen molar-refractivity contribution in [1.29, 1.82) is 0 Å². The Kier molecular flexibility index (Phi) is 7.36. The van der Waals surface area contributed by atoms with Gasteiger partial charge in [0, 0.05) is 15.5 Å². The first-order valence-electron chi connectivity index (χ1n) is 8.86. The Balaban J connectivity index is 1.45. The number of nitrogens with two attached hydrogens (primary N) is 1. The van der Waals surface area contributed by atoms with Gasteiger partial charge in [0.05, 0.1) is 18.7 Å². The molecule has 0 saturated heterocycles. The molecule has 146 valence electrons. The van der Waals surface area contributed by atoms with Crippen molar-refractivity contribution in [2.75, 3.05) is 17.8 Å². The van der Waals surface area contributed by atoms with Crippen LogP contribution in [0.2, 0.25) is 0 Å². The summed E-state index contributed by atoms with van der Waals surface area (Å²) in [5.41, 5.74) is 5.41. The molecule has 3 aromatic rings. The summed E-state index contributed by atoms with van der Waals surface area (Å²) in [6.07, 6.45) is 0.944. The van der Waals surface area contributed by atoms with E-state index in [-0.39, 0.29) is 6.42 Å². The van der Waals surface area contributed by atoms with Gasteiger partial charge in [-0.3, -0.25) is 10.6 Å². The Morgan fingerprint density at radius 3 is 2.68 bits per heavy atom. The molecule has 2 aromatic carbocycles. The number of nitrogens with one attached hydrogen (secondary N) is 1. The fourth-order valence-electron chi connectivity index (χ4n) is 2.67. The number of anilines is 1. The summed E-state index contributed by atoms with van der Waals surface area (Å²) < 4.78 is 5.88. The number of thiophene rings is 1. The van der Waals surface area contributed by atoms with Gasteiger partial charge in [0.1, 0.15) is 5.75 Å². The molecule has 0 saturated carbocycles. The number of rotatable bonds is 10. The number of ether oxygens (including phenoxy) is 1. The third-order valence-corrected chi connectivity index (χ3v) is 6.05. The maximum Gasteiger partial charge on any atom is 0.307 e. The van der Waals surface area contributed by atoms with E-state index in [0.29, 0.717) is 6.61 Å². The average molecular weight is 415 g/mol. The number of thioether (sulfide) groups is 1. The SMILES string of the molecule is NNc1cc(-c2cccs2)ccc1OCCCSc1ccc(CC(=O)O)cc1. The molecule has 1 heterocycles. The second kappa shape index (κ2) is 10.2. The van der Waals surface area contributed by atoms with Crippen LogP contribution in [0.5, 0.6) is 5.75 Å². The first-order valence-corrected chi connectivity index (χ1v) is 10.7.